The minimum atomic E-state index is -2.11. The topological polar surface area (TPSA) is 38.8 Å². The van der Waals surface area contributed by atoms with Crippen LogP contribution in [-0.4, -0.2) is 37.4 Å². The van der Waals surface area contributed by atoms with Crippen LogP contribution in [0.15, 0.2) is 55.1 Å². The first kappa shape index (κ1) is 30.3. The van der Waals surface area contributed by atoms with E-state index in [0.717, 1.165) is 18.4 Å². The predicted molar refractivity (Wildman–Crippen MR) is 159 cm³/mol. The van der Waals surface area contributed by atoms with E-state index in [0.29, 0.717) is 29.5 Å². The van der Waals surface area contributed by atoms with E-state index in [-0.39, 0.29) is 22.0 Å². The highest BCUT2D eigenvalue weighted by molar-refractivity contribution is 6.74. The largest absolute Gasteiger partial charge is 0.415 e. The summed E-state index contributed by atoms with van der Waals surface area (Å²) in [5, 5.41) is 0.616. The maximum Gasteiger partial charge on any atom is 0.255 e. The van der Waals surface area contributed by atoms with Gasteiger partial charge in [-0.3, -0.25) is 4.79 Å². The number of rotatable bonds is 9. The lowest BCUT2D eigenvalue weighted by Crippen LogP contribution is -2.61. The highest BCUT2D eigenvalue weighted by Crippen LogP contribution is 2.51. The van der Waals surface area contributed by atoms with Crippen LogP contribution in [0.3, 0.4) is 0 Å². The molecule has 2 aromatic carbocycles. The molecule has 4 atom stereocenters. The molecule has 0 spiro atoms. The number of amides is 1. The van der Waals surface area contributed by atoms with Crippen molar-refractivity contribution in [2.24, 2.45) is 5.92 Å². The normalized spacial score (nSPS) is 25.1. The number of carbonyl (C=O) groups excluding carboxylic acids is 1. The average Bonchev–Trinajstić information content (AvgIpc) is 3.68. The van der Waals surface area contributed by atoms with Crippen LogP contribution in [0.1, 0.15) is 70.2 Å². The van der Waals surface area contributed by atoms with Gasteiger partial charge in [-0.05, 0) is 79.2 Å². The fraction of sp³-hybridized carbons (Fsp3) is 0.516. The van der Waals surface area contributed by atoms with Crippen molar-refractivity contribution in [1.29, 1.82) is 0 Å². The van der Waals surface area contributed by atoms with Crippen LogP contribution in [-0.2, 0) is 14.0 Å². The molecule has 0 aromatic heterocycles. The summed E-state index contributed by atoms with van der Waals surface area (Å²) < 4.78 is 28.3. The summed E-state index contributed by atoms with van der Waals surface area (Å²) in [7, 11) is -2.11. The second-order valence-corrected chi connectivity index (χ2v) is 18.3. The van der Waals surface area contributed by atoms with Gasteiger partial charge in [-0.25, -0.2) is 4.39 Å². The average molecular weight is 593 g/mol. The molecule has 212 valence electrons. The molecule has 39 heavy (non-hydrogen) atoms. The van der Waals surface area contributed by atoms with Crippen molar-refractivity contribution in [3.63, 3.8) is 0 Å². The lowest BCUT2D eigenvalue weighted by Gasteiger charge is -2.52. The van der Waals surface area contributed by atoms with Gasteiger partial charge in [-0.15, -0.1) is 6.58 Å². The molecule has 0 unspecified atom stereocenters. The second kappa shape index (κ2) is 11.3. The summed E-state index contributed by atoms with van der Waals surface area (Å²) in [4.78, 5) is 16.4. The van der Waals surface area contributed by atoms with E-state index >= 15 is 0 Å². The lowest BCUT2D eigenvalue weighted by atomic mass is 9.85. The zero-order valence-corrected chi connectivity index (χ0v) is 26.3. The van der Waals surface area contributed by atoms with Crippen LogP contribution in [0.5, 0.6) is 0 Å². The van der Waals surface area contributed by atoms with E-state index in [1.807, 2.05) is 30.0 Å². The van der Waals surface area contributed by atoms with Gasteiger partial charge in [0, 0.05) is 11.4 Å². The summed E-state index contributed by atoms with van der Waals surface area (Å²) >= 11 is 12.5. The third-order valence-electron chi connectivity index (χ3n) is 8.60. The third kappa shape index (κ3) is 6.30. The minimum Gasteiger partial charge on any atom is -0.415 e. The summed E-state index contributed by atoms with van der Waals surface area (Å²) in [6.07, 6.45) is 3.48. The third-order valence-corrected chi connectivity index (χ3v) is 13.6. The number of ether oxygens (including phenoxy) is 1. The van der Waals surface area contributed by atoms with Crippen LogP contribution >= 0.6 is 23.2 Å². The minimum absolute atomic E-state index is 0.0233. The fourth-order valence-corrected chi connectivity index (χ4v) is 6.45. The first-order valence-corrected chi connectivity index (χ1v) is 17.3. The van der Waals surface area contributed by atoms with Gasteiger partial charge in [0.05, 0.1) is 23.7 Å². The van der Waals surface area contributed by atoms with Gasteiger partial charge in [-0.1, -0.05) is 68.2 Å². The van der Waals surface area contributed by atoms with Crippen molar-refractivity contribution >= 4 is 37.4 Å². The maximum atomic E-state index is 14.9. The molecule has 1 saturated carbocycles. The summed E-state index contributed by atoms with van der Waals surface area (Å²) in [5.74, 6) is -0.382. The van der Waals surface area contributed by atoms with Crippen molar-refractivity contribution in [1.82, 2.24) is 4.90 Å². The van der Waals surface area contributed by atoms with Gasteiger partial charge in [0.25, 0.3) is 5.91 Å². The van der Waals surface area contributed by atoms with Gasteiger partial charge in [0.2, 0.25) is 0 Å². The molecule has 2 aliphatic rings. The molecular weight excluding hydrogens is 552 g/mol. The molecule has 0 N–H and O–H groups in total. The van der Waals surface area contributed by atoms with E-state index in [9.17, 15) is 9.18 Å². The van der Waals surface area contributed by atoms with E-state index in [4.69, 9.17) is 32.4 Å². The molecule has 1 saturated heterocycles. The summed E-state index contributed by atoms with van der Waals surface area (Å²) in [6.45, 7) is 17.2. The van der Waals surface area contributed by atoms with Crippen LogP contribution in [0, 0.1) is 11.7 Å². The Balaban J connectivity index is 1.88. The molecule has 1 aliphatic heterocycles. The molecule has 4 nitrogen and oxygen atoms in total. The molecule has 2 aromatic rings. The summed E-state index contributed by atoms with van der Waals surface area (Å²) in [6, 6.07) is 11.4. The molecule has 1 heterocycles. The number of hydrogen-bond donors (Lipinski definition) is 0. The SMILES string of the molecule is C=CC[C@@]1(C)O[C@H](c2cccc(Cl)c2)[C@@H](c2ccc(Cl)c(F)c2)N([C@H](CO[Si](C)(C)C(C)(C)C)C2CC2)C1=O. The number of morpholine rings is 1. The van der Waals surface area contributed by atoms with Crippen molar-refractivity contribution in [2.45, 2.75) is 88.9 Å². The van der Waals surface area contributed by atoms with Gasteiger partial charge in [0.1, 0.15) is 17.5 Å². The number of nitrogens with zero attached hydrogens (tertiary/aromatic N) is 1. The zero-order valence-electron chi connectivity index (χ0n) is 23.8. The van der Waals surface area contributed by atoms with Crippen LogP contribution in [0.4, 0.5) is 4.39 Å². The van der Waals surface area contributed by atoms with Gasteiger partial charge in [-0.2, -0.15) is 0 Å². The molecule has 1 aliphatic carbocycles. The van der Waals surface area contributed by atoms with E-state index < -0.39 is 31.9 Å². The Bertz CT molecular complexity index is 1230. The highest BCUT2D eigenvalue weighted by Gasteiger charge is 2.55. The molecule has 2 fully saturated rings. The number of hydrogen-bond acceptors (Lipinski definition) is 3. The van der Waals surface area contributed by atoms with Crippen molar-refractivity contribution < 1.29 is 18.3 Å². The molecule has 4 rings (SSSR count). The number of carbonyl (C=O) groups is 1. The number of benzene rings is 2. The van der Waals surface area contributed by atoms with Crippen molar-refractivity contribution in [3.8, 4) is 0 Å². The fourth-order valence-electron chi connectivity index (χ4n) is 5.11. The van der Waals surface area contributed by atoms with Gasteiger partial charge < -0.3 is 14.1 Å². The Kier molecular flexibility index (Phi) is 8.76. The quantitative estimate of drug-likeness (QED) is 0.216. The van der Waals surface area contributed by atoms with Gasteiger partial charge in [0.15, 0.2) is 8.32 Å². The standard InChI is InChI=1S/C31H40Cl2FNO3Si/c1-8-16-31(5)29(36)35(26(20-12-13-20)19-37-39(6,7)30(2,3)4)27(21-14-15-24(33)25(34)18-21)28(38-31)22-10-9-11-23(32)17-22/h8-11,14-15,17-18,20,26-28H,1,12-13,16,19H2,2-7H3/t26-,27-,28-,31-/m1/s1. The Hall–Kier alpha value is -1.70. The number of halogens is 3. The van der Waals surface area contributed by atoms with E-state index in [2.05, 4.69) is 40.4 Å². The lowest BCUT2D eigenvalue weighted by molar-refractivity contribution is -0.204. The zero-order chi connectivity index (χ0) is 28.8. The Morgan fingerprint density at radius 3 is 2.46 bits per heavy atom. The predicted octanol–water partition coefficient (Wildman–Crippen LogP) is 8.91. The Morgan fingerprint density at radius 2 is 1.90 bits per heavy atom. The van der Waals surface area contributed by atoms with E-state index in [1.165, 1.54) is 6.07 Å². The molecule has 1 amide bonds. The Morgan fingerprint density at radius 1 is 1.21 bits per heavy atom. The van der Waals surface area contributed by atoms with Crippen molar-refractivity contribution in [2.75, 3.05) is 6.61 Å². The van der Waals surface area contributed by atoms with Gasteiger partial charge >= 0.3 is 0 Å². The summed E-state index contributed by atoms with van der Waals surface area (Å²) in [5.41, 5.74) is 0.282. The monoisotopic (exact) mass is 591 g/mol. The maximum absolute atomic E-state index is 14.9. The van der Waals surface area contributed by atoms with Crippen LogP contribution in [0.2, 0.25) is 28.2 Å². The van der Waals surface area contributed by atoms with Crippen LogP contribution < -0.4 is 0 Å². The van der Waals surface area contributed by atoms with Crippen molar-refractivity contribution in [3.05, 3.63) is 82.1 Å². The molecule has 8 heteroatoms. The highest BCUT2D eigenvalue weighted by atomic mass is 35.5. The van der Waals surface area contributed by atoms with E-state index in [1.54, 1.807) is 24.3 Å². The smallest absolute Gasteiger partial charge is 0.255 e. The molecule has 0 bridgehead atoms. The Labute approximate surface area is 243 Å². The second-order valence-electron chi connectivity index (χ2n) is 12.6. The molecule has 0 radical (unpaired) electrons. The van der Waals surface area contributed by atoms with Crippen LogP contribution in [0.25, 0.3) is 0 Å². The first-order chi connectivity index (χ1) is 18.2. The first-order valence-electron chi connectivity index (χ1n) is 13.6. The molecular formula is C31H40Cl2FNO3Si.